The van der Waals surface area contributed by atoms with Crippen molar-refractivity contribution < 1.29 is 35.4 Å². The third-order valence-electron chi connectivity index (χ3n) is 0.794. The van der Waals surface area contributed by atoms with Gasteiger partial charge in [0.15, 0.2) is 6.10 Å². The molecule has 0 aliphatic carbocycles. The van der Waals surface area contributed by atoms with Gasteiger partial charge in [-0.15, -0.1) is 0 Å². The van der Waals surface area contributed by atoms with Gasteiger partial charge in [-0.05, 0) is 0 Å². The lowest BCUT2D eigenvalue weighted by Gasteiger charge is -2.13. The minimum absolute atomic E-state index is 0.0833. The zero-order valence-electron chi connectivity index (χ0n) is 6.95. The summed E-state index contributed by atoms with van der Waals surface area (Å²) in [6.07, 6.45) is -4.71. The van der Waals surface area contributed by atoms with E-state index in [1.807, 2.05) is 0 Å². The average Bonchev–Trinajstić information content (AvgIpc) is 2.00. The number of guanidine groups is 1. The Hall–Kier alpha value is -1.87. The van der Waals surface area contributed by atoms with Crippen molar-refractivity contribution in [2.24, 2.45) is 11.5 Å². The molecule has 0 spiro atoms. The second-order valence-corrected chi connectivity index (χ2v) is 2.05. The molecule has 0 rings (SSSR count). The molecule has 0 aromatic carbocycles. The summed E-state index contributed by atoms with van der Waals surface area (Å²) >= 11 is 0. The normalized spacial score (nSPS) is 13.0. The van der Waals surface area contributed by atoms with Gasteiger partial charge in [-0.25, -0.2) is 4.79 Å². The van der Waals surface area contributed by atoms with Gasteiger partial charge in [0.2, 0.25) is 0 Å². The third kappa shape index (κ3) is 8.23. The van der Waals surface area contributed by atoms with Crippen LogP contribution >= 0.6 is 0 Å². The maximum absolute atomic E-state index is 9.74. The number of aliphatic hydroxyl groups excluding tert-OH is 2. The highest BCUT2D eigenvalue weighted by Gasteiger charge is 2.23. The highest BCUT2D eigenvalue weighted by atomic mass is 16.4. The van der Waals surface area contributed by atoms with E-state index in [0.717, 1.165) is 0 Å². The summed E-state index contributed by atoms with van der Waals surface area (Å²) in [4.78, 5) is 19.4. The molecule has 0 saturated heterocycles. The van der Waals surface area contributed by atoms with E-state index in [2.05, 4.69) is 16.9 Å². The molecule has 0 aliphatic heterocycles. The number of hydrogen-bond acceptors (Lipinski definition) is 5. The van der Waals surface area contributed by atoms with Crippen LogP contribution in [-0.2, 0) is 9.59 Å². The molecule has 0 heterocycles. The Morgan fingerprint density at radius 2 is 1.50 bits per heavy atom. The van der Waals surface area contributed by atoms with Crippen LogP contribution in [0.25, 0.3) is 0 Å². The zero-order valence-corrected chi connectivity index (χ0v) is 6.95. The van der Waals surface area contributed by atoms with Crippen molar-refractivity contribution in [2.75, 3.05) is 0 Å². The highest BCUT2D eigenvalue weighted by Crippen LogP contribution is 1.90. The van der Waals surface area contributed by atoms with E-state index in [1.165, 1.54) is 0 Å². The molecule has 0 saturated carbocycles. The van der Waals surface area contributed by atoms with Gasteiger partial charge in [0.25, 0.3) is 0 Å². The molecule has 0 aliphatic rings. The molecule has 14 heavy (non-hydrogen) atoms. The molecular formula is C5H11N3O6. The van der Waals surface area contributed by atoms with E-state index in [4.69, 9.17) is 15.3 Å². The van der Waals surface area contributed by atoms with Crippen molar-refractivity contribution in [3.8, 4) is 0 Å². The zero-order chi connectivity index (χ0) is 11.9. The summed E-state index contributed by atoms with van der Waals surface area (Å²) in [5, 5.41) is 38.7. The Kier molecular flexibility index (Phi) is 6.93. The molecule has 0 aromatic rings. The number of carboxylic acids is 2. The summed E-state index contributed by atoms with van der Waals surface area (Å²) < 4.78 is 0. The molecule has 0 amide bonds. The first-order valence-corrected chi connectivity index (χ1v) is 3.13. The van der Waals surface area contributed by atoms with E-state index in [0.29, 0.717) is 0 Å². The maximum atomic E-state index is 9.74. The second kappa shape index (κ2) is 6.62. The predicted molar refractivity (Wildman–Crippen MR) is 40.0 cm³/mol. The smallest absolute Gasteiger partial charge is 0.336 e. The van der Waals surface area contributed by atoms with Crippen LogP contribution in [0, 0.1) is 0 Å². The first kappa shape index (κ1) is 14.6. The van der Waals surface area contributed by atoms with Gasteiger partial charge in [-0.2, -0.15) is 0 Å². The molecule has 82 valence electrons. The van der Waals surface area contributed by atoms with Gasteiger partial charge in [-0.3, -0.25) is 16.9 Å². The lowest BCUT2D eigenvalue weighted by molar-refractivity contribution is -0.318. The van der Waals surface area contributed by atoms with E-state index in [9.17, 15) is 14.7 Å². The summed E-state index contributed by atoms with van der Waals surface area (Å²) in [6, 6.07) is 0. The number of nitrogens with two attached hydrogens (primary N) is 3. The summed E-state index contributed by atoms with van der Waals surface area (Å²) in [6.45, 7) is 0. The van der Waals surface area contributed by atoms with Gasteiger partial charge in [0.05, 0.1) is 5.97 Å². The van der Waals surface area contributed by atoms with Crippen LogP contribution in [0.15, 0.2) is 0 Å². The molecule has 0 unspecified atom stereocenters. The van der Waals surface area contributed by atoms with E-state index >= 15 is 0 Å². The van der Waals surface area contributed by atoms with Crippen LogP contribution in [0.1, 0.15) is 0 Å². The van der Waals surface area contributed by atoms with Crippen LogP contribution in [0.5, 0.6) is 0 Å². The predicted octanol–water partition coefficient (Wildman–Crippen LogP) is -6.44. The molecule has 0 radical (unpaired) electrons. The molecule has 9 nitrogen and oxygen atoms in total. The van der Waals surface area contributed by atoms with Crippen LogP contribution < -0.4 is 22.0 Å². The number of carbonyl (C=O) groups excluding carboxylic acids is 1. The van der Waals surface area contributed by atoms with E-state index in [1.54, 1.807) is 0 Å². The maximum Gasteiger partial charge on any atom is 0.336 e. The Morgan fingerprint density at radius 3 is 1.57 bits per heavy atom. The molecule has 9 N–H and O–H groups in total. The molecular weight excluding hydrogens is 198 g/mol. The van der Waals surface area contributed by atoms with Gasteiger partial charge < -0.3 is 25.2 Å². The van der Waals surface area contributed by atoms with Crippen molar-refractivity contribution in [2.45, 2.75) is 12.2 Å². The van der Waals surface area contributed by atoms with E-state index < -0.39 is 24.1 Å². The monoisotopic (exact) mass is 209 g/mol. The van der Waals surface area contributed by atoms with Crippen molar-refractivity contribution in [1.29, 1.82) is 0 Å². The summed E-state index contributed by atoms with van der Waals surface area (Å²) in [5.74, 6) is -3.91. The molecule has 0 fully saturated rings. The highest BCUT2D eigenvalue weighted by molar-refractivity contribution is 5.82. The minimum atomic E-state index is -2.38. The standard InChI is InChI=1S/C4H6O6.CH5N3/c5-1(3(7)8)2(6)4(9)10;2-1(3)4/h1-2,5-6H,(H,7,8)(H,9,10);(H5,2,3,4)/t1-,2-;/m0./s1. The fourth-order valence-corrected chi connectivity index (χ4v) is 0.264. The lowest BCUT2D eigenvalue weighted by atomic mass is 10.2. The van der Waals surface area contributed by atoms with Gasteiger partial charge in [0.1, 0.15) is 6.10 Å². The molecule has 0 aromatic heterocycles. The number of carbonyl (C=O) groups is 2. The van der Waals surface area contributed by atoms with Crippen molar-refractivity contribution in [3.05, 3.63) is 0 Å². The Balaban J connectivity index is 0. The average molecular weight is 209 g/mol. The fourth-order valence-electron chi connectivity index (χ4n) is 0.264. The quantitative estimate of drug-likeness (QED) is 0.195. The van der Waals surface area contributed by atoms with Crippen molar-refractivity contribution in [3.63, 3.8) is 0 Å². The van der Waals surface area contributed by atoms with Gasteiger partial charge in [0, 0.05) is 0 Å². The topological polar surface area (TPSA) is 196 Å². The Labute approximate surface area is 78.1 Å². The lowest BCUT2D eigenvalue weighted by Crippen LogP contribution is -2.51. The number of rotatable bonds is 3. The number of aliphatic hydroxyl groups is 2. The Bertz CT molecular complexity index is 208. The first-order chi connectivity index (χ1) is 6.20. The summed E-state index contributed by atoms with van der Waals surface area (Å²) in [5.41, 5.74) is 9.17. The minimum Gasteiger partial charge on any atom is -0.547 e. The van der Waals surface area contributed by atoms with Crippen LogP contribution in [-0.4, -0.2) is 45.4 Å². The molecule has 2 atom stereocenters. The Morgan fingerprint density at radius 1 is 1.21 bits per heavy atom. The SMILES string of the molecule is NC(N)=[NH2+].O=C([O-])[C@@H](O)[C@H](O)C(=O)O. The number of hydrogen-bond donors (Lipinski definition) is 6. The number of aliphatic carboxylic acids is 2. The van der Waals surface area contributed by atoms with Crippen LogP contribution in [0.4, 0.5) is 0 Å². The third-order valence-corrected chi connectivity index (χ3v) is 0.794. The van der Waals surface area contributed by atoms with Crippen LogP contribution in [0.2, 0.25) is 0 Å². The largest absolute Gasteiger partial charge is 0.547 e. The van der Waals surface area contributed by atoms with E-state index in [-0.39, 0.29) is 5.96 Å². The summed E-state index contributed by atoms with van der Waals surface area (Å²) in [7, 11) is 0. The van der Waals surface area contributed by atoms with Gasteiger partial charge in [-0.1, -0.05) is 0 Å². The van der Waals surface area contributed by atoms with Gasteiger partial charge >= 0.3 is 11.9 Å². The first-order valence-electron chi connectivity index (χ1n) is 3.13. The second-order valence-electron chi connectivity index (χ2n) is 2.05. The molecule has 9 heteroatoms. The van der Waals surface area contributed by atoms with Crippen LogP contribution in [0.3, 0.4) is 0 Å². The molecule has 0 bridgehead atoms. The fraction of sp³-hybridized carbons (Fsp3) is 0.400. The van der Waals surface area contributed by atoms with Crippen molar-refractivity contribution in [1.82, 2.24) is 0 Å². The van der Waals surface area contributed by atoms with Crippen molar-refractivity contribution >= 4 is 17.9 Å². The number of carboxylic acid groups (broad SMARTS) is 2.